The van der Waals surface area contributed by atoms with Gasteiger partial charge in [-0.3, -0.25) is 4.79 Å². The van der Waals surface area contributed by atoms with Crippen LogP contribution in [0.3, 0.4) is 0 Å². The summed E-state index contributed by atoms with van der Waals surface area (Å²) < 4.78 is 0. The summed E-state index contributed by atoms with van der Waals surface area (Å²) in [5, 5.41) is 0. The number of carbonyl (C=O) groups is 1. The third-order valence-corrected chi connectivity index (χ3v) is 4.64. The van der Waals surface area contributed by atoms with E-state index in [4.69, 9.17) is 0 Å². The van der Waals surface area contributed by atoms with Gasteiger partial charge in [-0.1, -0.05) is 48.5 Å². The van der Waals surface area contributed by atoms with Gasteiger partial charge >= 0.3 is 0 Å². The van der Waals surface area contributed by atoms with E-state index in [1.54, 1.807) is 17.3 Å². The number of amides is 1. The van der Waals surface area contributed by atoms with E-state index in [9.17, 15) is 4.79 Å². The van der Waals surface area contributed by atoms with E-state index in [1.807, 2.05) is 48.3 Å². The highest BCUT2D eigenvalue weighted by atomic mass is 16.2. The molecule has 1 aliphatic rings. The molecule has 0 spiro atoms. The summed E-state index contributed by atoms with van der Waals surface area (Å²) >= 11 is 0. The SMILES string of the molecule is CN(Cc1ccccc1)c1cnc(C(=O)N2CCc3ccccc32)cn1. The van der Waals surface area contributed by atoms with Gasteiger partial charge in [-0.05, 0) is 23.6 Å². The van der Waals surface area contributed by atoms with Crippen molar-refractivity contribution in [1.82, 2.24) is 9.97 Å². The van der Waals surface area contributed by atoms with Crippen LogP contribution in [0.15, 0.2) is 67.0 Å². The predicted octanol–water partition coefficient (Wildman–Crippen LogP) is 3.32. The molecule has 0 bridgehead atoms. The van der Waals surface area contributed by atoms with Gasteiger partial charge in [-0.25, -0.2) is 9.97 Å². The quantitative estimate of drug-likeness (QED) is 0.728. The van der Waals surface area contributed by atoms with Crippen LogP contribution in [0.1, 0.15) is 21.6 Å². The Labute approximate surface area is 152 Å². The van der Waals surface area contributed by atoms with Crippen LogP contribution in [-0.2, 0) is 13.0 Å². The van der Waals surface area contributed by atoms with Crippen molar-refractivity contribution < 1.29 is 4.79 Å². The van der Waals surface area contributed by atoms with E-state index in [2.05, 4.69) is 28.2 Å². The van der Waals surface area contributed by atoms with Gasteiger partial charge in [0.25, 0.3) is 5.91 Å². The highest BCUT2D eigenvalue weighted by molar-refractivity contribution is 6.05. The summed E-state index contributed by atoms with van der Waals surface area (Å²) in [7, 11) is 1.97. The lowest BCUT2D eigenvalue weighted by atomic mass is 10.2. The van der Waals surface area contributed by atoms with Gasteiger partial charge in [0.05, 0.1) is 12.4 Å². The lowest BCUT2D eigenvalue weighted by molar-refractivity contribution is 0.0984. The number of nitrogens with zero attached hydrogens (tertiary/aromatic N) is 4. The van der Waals surface area contributed by atoms with Crippen LogP contribution >= 0.6 is 0 Å². The van der Waals surface area contributed by atoms with Crippen molar-refractivity contribution in [3.05, 3.63) is 83.8 Å². The fourth-order valence-corrected chi connectivity index (χ4v) is 3.25. The maximum atomic E-state index is 12.8. The van der Waals surface area contributed by atoms with Gasteiger partial charge in [0.15, 0.2) is 0 Å². The maximum absolute atomic E-state index is 12.8. The molecule has 26 heavy (non-hydrogen) atoms. The molecule has 130 valence electrons. The fraction of sp³-hybridized carbons (Fsp3) is 0.190. The molecule has 2 aromatic carbocycles. The van der Waals surface area contributed by atoms with Gasteiger partial charge in [-0.2, -0.15) is 0 Å². The first kappa shape index (κ1) is 16.3. The molecule has 1 aromatic heterocycles. The van der Waals surface area contributed by atoms with E-state index in [0.29, 0.717) is 12.2 Å². The van der Waals surface area contributed by atoms with Crippen molar-refractivity contribution in [1.29, 1.82) is 0 Å². The Morgan fingerprint density at radius 3 is 2.58 bits per heavy atom. The van der Waals surface area contributed by atoms with E-state index >= 15 is 0 Å². The lowest BCUT2D eigenvalue weighted by Gasteiger charge is -2.19. The van der Waals surface area contributed by atoms with Crippen molar-refractivity contribution in [2.45, 2.75) is 13.0 Å². The monoisotopic (exact) mass is 344 g/mol. The second-order valence-electron chi connectivity index (χ2n) is 6.44. The second kappa shape index (κ2) is 6.96. The smallest absolute Gasteiger partial charge is 0.278 e. The summed E-state index contributed by atoms with van der Waals surface area (Å²) in [6, 6.07) is 18.2. The summed E-state index contributed by atoms with van der Waals surface area (Å²) in [5.74, 6) is 0.645. The number of rotatable bonds is 4. The van der Waals surface area contributed by atoms with E-state index < -0.39 is 0 Å². The molecule has 0 aliphatic carbocycles. The Kier molecular flexibility index (Phi) is 4.35. The van der Waals surface area contributed by atoms with Gasteiger partial charge in [-0.15, -0.1) is 0 Å². The molecule has 1 aliphatic heterocycles. The fourth-order valence-electron chi connectivity index (χ4n) is 3.25. The second-order valence-corrected chi connectivity index (χ2v) is 6.44. The van der Waals surface area contributed by atoms with Crippen molar-refractivity contribution in [2.24, 2.45) is 0 Å². The van der Waals surface area contributed by atoms with Crippen LogP contribution in [0.2, 0.25) is 0 Å². The minimum atomic E-state index is -0.0975. The van der Waals surface area contributed by atoms with E-state index in [0.717, 1.165) is 24.5 Å². The number of para-hydroxylation sites is 1. The van der Waals surface area contributed by atoms with Gasteiger partial charge < -0.3 is 9.80 Å². The molecule has 1 amide bonds. The molecule has 4 rings (SSSR count). The van der Waals surface area contributed by atoms with Crippen LogP contribution in [0, 0.1) is 0 Å². The highest BCUT2D eigenvalue weighted by Crippen LogP contribution is 2.28. The lowest BCUT2D eigenvalue weighted by Crippen LogP contribution is -2.30. The number of hydrogen-bond donors (Lipinski definition) is 0. The molecule has 0 unspecified atom stereocenters. The minimum Gasteiger partial charge on any atom is -0.354 e. The normalized spacial score (nSPS) is 12.7. The average Bonchev–Trinajstić information content (AvgIpc) is 3.12. The molecular formula is C21H20N4O. The number of hydrogen-bond acceptors (Lipinski definition) is 4. The molecule has 3 aromatic rings. The Balaban J connectivity index is 1.48. The average molecular weight is 344 g/mol. The topological polar surface area (TPSA) is 49.3 Å². The molecule has 0 N–H and O–H groups in total. The third kappa shape index (κ3) is 3.16. The molecule has 5 nitrogen and oxygen atoms in total. The van der Waals surface area contributed by atoms with Crippen molar-refractivity contribution in [3.63, 3.8) is 0 Å². The molecular weight excluding hydrogens is 324 g/mol. The van der Waals surface area contributed by atoms with Crippen molar-refractivity contribution >= 4 is 17.4 Å². The summed E-state index contributed by atoms with van der Waals surface area (Å²) in [5.41, 5.74) is 3.75. The molecule has 0 fully saturated rings. The molecule has 0 atom stereocenters. The number of carbonyl (C=O) groups excluding carboxylic acids is 1. The maximum Gasteiger partial charge on any atom is 0.278 e. The standard InChI is InChI=1S/C21H20N4O/c1-24(15-16-7-3-2-4-8-16)20-14-22-18(13-23-20)21(26)25-12-11-17-9-5-6-10-19(17)25/h2-10,13-14H,11-12,15H2,1H3. The van der Waals surface area contributed by atoms with Gasteiger partial charge in [0, 0.05) is 25.8 Å². The van der Waals surface area contributed by atoms with Crippen molar-refractivity contribution in [2.75, 3.05) is 23.4 Å². The van der Waals surface area contributed by atoms with Gasteiger partial charge in [0.1, 0.15) is 11.5 Å². The summed E-state index contributed by atoms with van der Waals surface area (Å²) in [6.07, 6.45) is 4.12. The van der Waals surface area contributed by atoms with Crippen LogP contribution in [0.4, 0.5) is 11.5 Å². The Morgan fingerprint density at radius 1 is 1.04 bits per heavy atom. The van der Waals surface area contributed by atoms with Gasteiger partial charge in [0.2, 0.25) is 0 Å². The minimum absolute atomic E-state index is 0.0975. The predicted molar refractivity (Wildman–Crippen MR) is 102 cm³/mol. The zero-order chi connectivity index (χ0) is 17.9. The Morgan fingerprint density at radius 2 is 1.81 bits per heavy atom. The van der Waals surface area contributed by atoms with Crippen molar-refractivity contribution in [3.8, 4) is 0 Å². The first-order valence-electron chi connectivity index (χ1n) is 8.69. The van der Waals surface area contributed by atoms with Crippen LogP contribution < -0.4 is 9.80 Å². The highest BCUT2D eigenvalue weighted by Gasteiger charge is 2.26. The van der Waals surface area contributed by atoms with E-state index in [1.165, 1.54) is 11.1 Å². The summed E-state index contributed by atoms with van der Waals surface area (Å²) in [6.45, 7) is 1.43. The van der Waals surface area contributed by atoms with Crippen LogP contribution in [0.25, 0.3) is 0 Å². The molecule has 2 heterocycles. The molecule has 5 heteroatoms. The summed E-state index contributed by atoms with van der Waals surface area (Å²) in [4.78, 5) is 25.4. The first-order valence-corrected chi connectivity index (χ1v) is 8.69. The number of benzene rings is 2. The Hall–Kier alpha value is -3.21. The van der Waals surface area contributed by atoms with Crippen LogP contribution in [0.5, 0.6) is 0 Å². The molecule has 0 saturated heterocycles. The zero-order valence-corrected chi connectivity index (χ0v) is 14.7. The largest absolute Gasteiger partial charge is 0.354 e. The zero-order valence-electron chi connectivity index (χ0n) is 14.7. The molecule has 0 radical (unpaired) electrons. The molecule has 0 saturated carbocycles. The number of anilines is 2. The first-order chi connectivity index (χ1) is 12.7. The van der Waals surface area contributed by atoms with E-state index in [-0.39, 0.29) is 5.91 Å². The van der Waals surface area contributed by atoms with Crippen LogP contribution in [-0.4, -0.2) is 29.5 Å². The number of aromatic nitrogens is 2. The third-order valence-electron chi connectivity index (χ3n) is 4.64. The number of fused-ring (bicyclic) bond motifs is 1. The Bertz CT molecular complexity index is 909.